The van der Waals surface area contributed by atoms with Crippen molar-refractivity contribution in [2.75, 3.05) is 13.2 Å². The number of aliphatic hydroxyl groups excluding tert-OH is 1. The van der Waals surface area contributed by atoms with Gasteiger partial charge in [0.2, 0.25) is 0 Å². The Morgan fingerprint density at radius 1 is 1.10 bits per heavy atom. The molecule has 2 aromatic rings. The zero-order chi connectivity index (χ0) is 21.8. The van der Waals surface area contributed by atoms with Crippen LogP contribution in [0.1, 0.15) is 43.0 Å². The second-order valence-electron chi connectivity index (χ2n) is 7.68. The predicted molar refractivity (Wildman–Crippen MR) is 112 cm³/mol. The lowest BCUT2D eigenvalue weighted by molar-refractivity contribution is -0.140. The molecule has 1 amide bonds. The molecular formula is C24H26FNO4. The van der Waals surface area contributed by atoms with E-state index in [1.54, 1.807) is 12.1 Å². The summed E-state index contributed by atoms with van der Waals surface area (Å²) in [5.74, 6) is -2.07. The first kappa shape index (κ1) is 21.7. The lowest BCUT2D eigenvalue weighted by Gasteiger charge is -2.25. The molecule has 0 spiro atoms. The number of carbonyl (C=O) groups excluding carboxylic acids is 2. The van der Waals surface area contributed by atoms with E-state index in [0.29, 0.717) is 24.2 Å². The summed E-state index contributed by atoms with van der Waals surface area (Å²) in [5, 5.41) is 10.9. The molecular weight excluding hydrogens is 385 g/mol. The number of Topliss-reactive ketones (excluding diaryl/α,β-unsaturated/α-hetero) is 1. The molecule has 5 nitrogen and oxygen atoms in total. The molecule has 1 fully saturated rings. The SMILES string of the molecule is Cc1ccc(/C(O)=C2/C(=O)C(=O)N(CCCOC(C)C)C2c2ccc(F)cc2)cc1. The van der Waals surface area contributed by atoms with Gasteiger partial charge in [0.25, 0.3) is 11.7 Å². The number of ketones is 1. The number of nitrogens with zero attached hydrogens (tertiary/aromatic N) is 1. The second kappa shape index (κ2) is 9.22. The summed E-state index contributed by atoms with van der Waals surface area (Å²) in [4.78, 5) is 27.1. The van der Waals surface area contributed by atoms with Crippen LogP contribution in [0.2, 0.25) is 0 Å². The van der Waals surface area contributed by atoms with E-state index in [1.165, 1.54) is 29.2 Å². The number of amides is 1. The van der Waals surface area contributed by atoms with Gasteiger partial charge in [-0.2, -0.15) is 0 Å². The Morgan fingerprint density at radius 2 is 1.73 bits per heavy atom. The van der Waals surface area contributed by atoms with Crippen LogP contribution >= 0.6 is 0 Å². The van der Waals surface area contributed by atoms with Crippen molar-refractivity contribution in [1.82, 2.24) is 4.90 Å². The topological polar surface area (TPSA) is 66.8 Å². The van der Waals surface area contributed by atoms with Crippen molar-refractivity contribution >= 4 is 17.4 Å². The van der Waals surface area contributed by atoms with Crippen LogP contribution in [0.15, 0.2) is 54.1 Å². The van der Waals surface area contributed by atoms with Crippen LogP contribution in [0.3, 0.4) is 0 Å². The van der Waals surface area contributed by atoms with E-state index in [4.69, 9.17) is 4.74 Å². The number of benzene rings is 2. The smallest absolute Gasteiger partial charge is 0.295 e. The molecule has 1 unspecified atom stereocenters. The van der Waals surface area contributed by atoms with Crippen LogP contribution in [0, 0.1) is 12.7 Å². The summed E-state index contributed by atoms with van der Waals surface area (Å²) >= 11 is 0. The van der Waals surface area contributed by atoms with Gasteiger partial charge in [-0.25, -0.2) is 4.39 Å². The van der Waals surface area contributed by atoms with E-state index in [2.05, 4.69) is 0 Å². The Hall–Kier alpha value is -2.99. The first-order valence-corrected chi connectivity index (χ1v) is 10.0. The van der Waals surface area contributed by atoms with Crippen molar-refractivity contribution in [3.8, 4) is 0 Å². The van der Waals surface area contributed by atoms with Gasteiger partial charge in [0.1, 0.15) is 11.6 Å². The minimum atomic E-state index is -0.786. The molecule has 1 aliphatic rings. The summed E-state index contributed by atoms with van der Waals surface area (Å²) in [6.45, 7) is 6.48. The number of aryl methyl sites for hydroxylation is 1. The van der Waals surface area contributed by atoms with Crippen LogP contribution in [0.25, 0.3) is 5.76 Å². The Bertz CT molecular complexity index is 948. The average molecular weight is 411 g/mol. The summed E-state index contributed by atoms with van der Waals surface area (Å²) in [6, 6.07) is 11.9. The van der Waals surface area contributed by atoms with Gasteiger partial charge < -0.3 is 14.7 Å². The van der Waals surface area contributed by atoms with Crippen molar-refractivity contribution in [2.24, 2.45) is 0 Å². The number of rotatable bonds is 7. The summed E-state index contributed by atoms with van der Waals surface area (Å²) < 4.78 is 19.0. The summed E-state index contributed by atoms with van der Waals surface area (Å²) in [6.07, 6.45) is 0.600. The quantitative estimate of drug-likeness (QED) is 0.318. The molecule has 6 heteroatoms. The highest BCUT2D eigenvalue weighted by Gasteiger charge is 2.45. The summed E-state index contributed by atoms with van der Waals surface area (Å²) in [7, 11) is 0. The monoisotopic (exact) mass is 411 g/mol. The molecule has 0 aliphatic carbocycles. The molecule has 1 atom stereocenters. The average Bonchev–Trinajstić information content (AvgIpc) is 2.96. The number of hydrogen-bond donors (Lipinski definition) is 1. The van der Waals surface area contributed by atoms with Crippen molar-refractivity contribution in [3.05, 3.63) is 76.6 Å². The predicted octanol–water partition coefficient (Wildman–Crippen LogP) is 4.37. The van der Waals surface area contributed by atoms with Gasteiger partial charge in [-0.15, -0.1) is 0 Å². The van der Waals surface area contributed by atoms with E-state index in [-0.39, 0.29) is 24.0 Å². The van der Waals surface area contributed by atoms with Crippen LogP contribution in [-0.2, 0) is 14.3 Å². The van der Waals surface area contributed by atoms with E-state index in [0.717, 1.165) is 5.56 Å². The van der Waals surface area contributed by atoms with Crippen molar-refractivity contribution < 1.29 is 23.8 Å². The maximum atomic E-state index is 13.5. The Morgan fingerprint density at radius 3 is 2.33 bits per heavy atom. The third kappa shape index (κ3) is 4.60. The van der Waals surface area contributed by atoms with Gasteiger partial charge >= 0.3 is 0 Å². The fourth-order valence-corrected chi connectivity index (χ4v) is 3.52. The first-order valence-electron chi connectivity index (χ1n) is 10.0. The fourth-order valence-electron chi connectivity index (χ4n) is 3.52. The first-order chi connectivity index (χ1) is 14.3. The minimum absolute atomic E-state index is 0.0141. The molecule has 2 aromatic carbocycles. The largest absolute Gasteiger partial charge is 0.507 e. The molecule has 30 heavy (non-hydrogen) atoms. The van der Waals surface area contributed by atoms with E-state index in [1.807, 2.05) is 32.9 Å². The van der Waals surface area contributed by atoms with Crippen LogP contribution in [0.4, 0.5) is 4.39 Å². The normalized spacial score (nSPS) is 18.4. The molecule has 0 bridgehead atoms. The van der Waals surface area contributed by atoms with Gasteiger partial charge in [-0.1, -0.05) is 42.0 Å². The molecule has 0 aromatic heterocycles. The van der Waals surface area contributed by atoms with E-state index in [9.17, 15) is 19.1 Å². The van der Waals surface area contributed by atoms with Gasteiger partial charge in [-0.3, -0.25) is 9.59 Å². The maximum Gasteiger partial charge on any atom is 0.295 e. The molecule has 1 heterocycles. The van der Waals surface area contributed by atoms with Crippen molar-refractivity contribution in [1.29, 1.82) is 0 Å². The zero-order valence-electron chi connectivity index (χ0n) is 17.4. The lowest BCUT2D eigenvalue weighted by atomic mass is 9.95. The highest BCUT2D eigenvalue weighted by atomic mass is 19.1. The molecule has 0 saturated carbocycles. The number of aliphatic hydroxyl groups is 1. The standard InChI is InChI=1S/C24H26FNO4/c1-15(2)30-14-4-13-26-21(17-9-11-19(25)12-10-17)20(23(28)24(26)29)22(27)18-7-5-16(3)6-8-18/h5-12,15,21,27H,4,13-14H2,1-3H3/b22-20-. The van der Waals surface area contributed by atoms with E-state index < -0.39 is 23.5 Å². The van der Waals surface area contributed by atoms with Gasteiger partial charge in [0.05, 0.1) is 17.7 Å². The zero-order valence-corrected chi connectivity index (χ0v) is 17.4. The van der Waals surface area contributed by atoms with Crippen molar-refractivity contribution in [3.63, 3.8) is 0 Å². The molecule has 3 rings (SSSR count). The van der Waals surface area contributed by atoms with E-state index >= 15 is 0 Å². The number of carbonyl (C=O) groups is 2. The Kier molecular flexibility index (Phi) is 6.67. The van der Waals surface area contributed by atoms with Crippen LogP contribution in [0.5, 0.6) is 0 Å². The Labute approximate surface area is 175 Å². The number of likely N-dealkylation sites (tertiary alicyclic amines) is 1. The van der Waals surface area contributed by atoms with Gasteiger partial charge in [0, 0.05) is 18.7 Å². The van der Waals surface area contributed by atoms with Gasteiger partial charge in [0.15, 0.2) is 0 Å². The Balaban J connectivity index is 2.01. The molecule has 1 saturated heterocycles. The van der Waals surface area contributed by atoms with Crippen LogP contribution in [-0.4, -0.2) is 41.0 Å². The van der Waals surface area contributed by atoms with Crippen molar-refractivity contribution in [2.45, 2.75) is 39.3 Å². The molecule has 0 radical (unpaired) electrons. The third-order valence-electron chi connectivity index (χ3n) is 5.05. The minimum Gasteiger partial charge on any atom is -0.507 e. The number of hydrogen-bond acceptors (Lipinski definition) is 4. The molecule has 1 N–H and O–H groups in total. The van der Waals surface area contributed by atoms with Crippen LogP contribution < -0.4 is 0 Å². The highest BCUT2D eigenvalue weighted by Crippen LogP contribution is 2.39. The number of ether oxygens (including phenoxy) is 1. The molecule has 1 aliphatic heterocycles. The number of halogens is 1. The maximum absolute atomic E-state index is 13.5. The lowest BCUT2D eigenvalue weighted by Crippen LogP contribution is -2.31. The van der Waals surface area contributed by atoms with Gasteiger partial charge in [-0.05, 0) is 44.9 Å². The summed E-state index contributed by atoms with van der Waals surface area (Å²) in [5.41, 5.74) is 2.04. The third-order valence-corrected chi connectivity index (χ3v) is 5.05. The highest BCUT2D eigenvalue weighted by molar-refractivity contribution is 6.46. The molecule has 158 valence electrons. The fraction of sp³-hybridized carbons (Fsp3) is 0.333. The second-order valence-corrected chi connectivity index (χ2v) is 7.68.